The standard InChI is InChI=1S/C15H28N4O/c1-12-7-8-17(4)15-14(12)19(6)13(11-18(15)5)20-10-9-16(2)3/h11-12H,7-10H2,1-6H3. The van der Waals surface area contributed by atoms with Gasteiger partial charge in [-0.05, 0) is 20.5 Å². The van der Waals surface area contributed by atoms with Crippen molar-refractivity contribution in [1.82, 2.24) is 19.6 Å². The van der Waals surface area contributed by atoms with E-state index in [1.54, 1.807) is 0 Å². The van der Waals surface area contributed by atoms with Crippen molar-refractivity contribution in [2.75, 3.05) is 54.9 Å². The number of likely N-dealkylation sites (N-methyl/N-ethyl adjacent to an activating group) is 1. The molecule has 2 aliphatic rings. The first-order chi connectivity index (χ1) is 9.41. The number of hydrogen-bond donors (Lipinski definition) is 0. The van der Waals surface area contributed by atoms with Crippen molar-refractivity contribution in [3.8, 4) is 0 Å². The van der Waals surface area contributed by atoms with Crippen LogP contribution in [0, 0.1) is 5.92 Å². The molecule has 0 saturated heterocycles. The molecule has 0 N–H and O–H groups in total. The Morgan fingerprint density at radius 3 is 2.65 bits per heavy atom. The predicted octanol–water partition coefficient (Wildman–Crippen LogP) is 1.38. The molecule has 5 heteroatoms. The number of hydrogen-bond acceptors (Lipinski definition) is 5. The summed E-state index contributed by atoms with van der Waals surface area (Å²) in [5, 5.41) is 0. The molecule has 2 aliphatic heterocycles. The van der Waals surface area contributed by atoms with Crippen molar-refractivity contribution >= 4 is 0 Å². The van der Waals surface area contributed by atoms with Crippen LogP contribution in [0.3, 0.4) is 0 Å². The lowest BCUT2D eigenvalue weighted by Gasteiger charge is -2.44. The second-order valence-corrected chi connectivity index (χ2v) is 6.11. The maximum atomic E-state index is 5.96. The Morgan fingerprint density at radius 1 is 1.30 bits per heavy atom. The van der Waals surface area contributed by atoms with Gasteiger partial charge in [-0.3, -0.25) is 0 Å². The van der Waals surface area contributed by atoms with E-state index < -0.39 is 0 Å². The first-order valence-corrected chi connectivity index (χ1v) is 7.33. The van der Waals surface area contributed by atoms with E-state index in [1.807, 2.05) is 0 Å². The van der Waals surface area contributed by atoms with Crippen LogP contribution in [-0.4, -0.2) is 74.5 Å². The molecular weight excluding hydrogens is 252 g/mol. The number of rotatable bonds is 4. The van der Waals surface area contributed by atoms with E-state index in [4.69, 9.17) is 4.74 Å². The Morgan fingerprint density at radius 2 is 2.00 bits per heavy atom. The molecule has 0 aromatic rings. The van der Waals surface area contributed by atoms with Gasteiger partial charge in [0.05, 0.1) is 11.9 Å². The molecule has 5 nitrogen and oxygen atoms in total. The fourth-order valence-corrected chi connectivity index (χ4v) is 2.88. The minimum atomic E-state index is 0.565. The highest BCUT2D eigenvalue weighted by Gasteiger charge is 2.32. The third-order valence-electron chi connectivity index (χ3n) is 4.07. The van der Waals surface area contributed by atoms with Crippen LogP contribution in [0.25, 0.3) is 0 Å². The van der Waals surface area contributed by atoms with Crippen LogP contribution in [0.4, 0.5) is 0 Å². The van der Waals surface area contributed by atoms with E-state index in [0.29, 0.717) is 12.5 Å². The first kappa shape index (κ1) is 15.0. The highest BCUT2D eigenvalue weighted by molar-refractivity contribution is 5.25. The fourth-order valence-electron chi connectivity index (χ4n) is 2.88. The molecule has 0 radical (unpaired) electrons. The van der Waals surface area contributed by atoms with Gasteiger partial charge in [0.1, 0.15) is 12.4 Å². The largest absolute Gasteiger partial charge is 0.476 e. The van der Waals surface area contributed by atoms with Crippen molar-refractivity contribution in [3.05, 3.63) is 23.6 Å². The summed E-state index contributed by atoms with van der Waals surface area (Å²) in [5.41, 5.74) is 1.36. The number of allylic oxidation sites excluding steroid dienone is 1. The maximum absolute atomic E-state index is 5.96. The Kier molecular flexibility index (Phi) is 4.48. The molecule has 0 saturated carbocycles. The molecule has 0 spiro atoms. The predicted molar refractivity (Wildman–Crippen MR) is 81.6 cm³/mol. The quantitative estimate of drug-likeness (QED) is 0.774. The summed E-state index contributed by atoms with van der Waals surface area (Å²) in [6.45, 7) is 5.05. The van der Waals surface area contributed by atoms with Crippen molar-refractivity contribution in [2.24, 2.45) is 5.92 Å². The fraction of sp³-hybridized carbons (Fsp3) is 0.733. The highest BCUT2D eigenvalue weighted by atomic mass is 16.5. The topological polar surface area (TPSA) is 22.2 Å². The second-order valence-electron chi connectivity index (χ2n) is 6.11. The molecule has 0 aromatic carbocycles. The lowest BCUT2D eigenvalue weighted by Crippen LogP contribution is -2.43. The van der Waals surface area contributed by atoms with Crippen molar-refractivity contribution in [2.45, 2.75) is 13.3 Å². The third kappa shape index (κ3) is 2.87. The Labute approximate surface area is 123 Å². The minimum Gasteiger partial charge on any atom is -0.476 e. The normalized spacial score (nSPS) is 23.2. The molecule has 0 aliphatic carbocycles. The van der Waals surface area contributed by atoms with Crippen LogP contribution < -0.4 is 0 Å². The zero-order valence-electron chi connectivity index (χ0n) is 13.7. The van der Waals surface area contributed by atoms with Crippen LogP contribution in [0.5, 0.6) is 0 Å². The average Bonchev–Trinajstić information content (AvgIpc) is 2.37. The third-order valence-corrected chi connectivity index (χ3v) is 4.07. The summed E-state index contributed by atoms with van der Waals surface area (Å²) in [6.07, 6.45) is 3.28. The lowest BCUT2D eigenvalue weighted by atomic mass is 9.97. The van der Waals surface area contributed by atoms with Gasteiger partial charge in [-0.25, -0.2) is 0 Å². The van der Waals surface area contributed by atoms with Crippen LogP contribution in [0.2, 0.25) is 0 Å². The smallest absolute Gasteiger partial charge is 0.210 e. The van der Waals surface area contributed by atoms with E-state index in [9.17, 15) is 0 Å². The Hall–Kier alpha value is -1.36. The SMILES string of the molecule is CC1CCN(C)C2=C1N(C)C(OCCN(C)C)=CN2C. The molecule has 0 bridgehead atoms. The molecule has 1 unspecified atom stereocenters. The van der Waals surface area contributed by atoms with Gasteiger partial charge in [0.2, 0.25) is 5.88 Å². The van der Waals surface area contributed by atoms with Crippen LogP contribution in [0.1, 0.15) is 13.3 Å². The highest BCUT2D eigenvalue weighted by Crippen LogP contribution is 2.35. The summed E-state index contributed by atoms with van der Waals surface area (Å²) in [7, 11) is 10.5. The molecule has 0 aromatic heterocycles. The van der Waals surface area contributed by atoms with Crippen LogP contribution in [-0.2, 0) is 4.74 Å². The average molecular weight is 280 g/mol. The van der Waals surface area contributed by atoms with Crippen LogP contribution in [0.15, 0.2) is 23.6 Å². The lowest BCUT2D eigenvalue weighted by molar-refractivity contribution is 0.0944. The van der Waals surface area contributed by atoms with E-state index in [2.05, 4.69) is 68.0 Å². The second kappa shape index (κ2) is 5.95. The molecule has 0 fully saturated rings. The molecule has 114 valence electrons. The molecule has 0 amide bonds. The zero-order valence-corrected chi connectivity index (χ0v) is 13.7. The first-order valence-electron chi connectivity index (χ1n) is 7.33. The van der Waals surface area contributed by atoms with Gasteiger partial charge in [-0.15, -0.1) is 0 Å². The van der Waals surface area contributed by atoms with Crippen molar-refractivity contribution < 1.29 is 4.74 Å². The van der Waals surface area contributed by atoms with Gasteiger partial charge >= 0.3 is 0 Å². The molecule has 1 atom stereocenters. The van der Waals surface area contributed by atoms with E-state index in [1.165, 1.54) is 17.9 Å². The minimum absolute atomic E-state index is 0.565. The van der Waals surface area contributed by atoms with Crippen molar-refractivity contribution in [1.29, 1.82) is 0 Å². The summed E-state index contributed by atoms with van der Waals surface area (Å²) >= 11 is 0. The van der Waals surface area contributed by atoms with E-state index in [0.717, 1.165) is 19.0 Å². The maximum Gasteiger partial charge on any atom is 0.210 e. The van der Waals surface area contributed by atoms with Gasteiger partial charge in [-0.2, -0.15) is 0 Å². The van der Waals surface area contributed by atoms with E-state index >= 15 is 0 Å². The molecule has 2 rings (SSSR count). The van der Waals surface area contributed by atoms with E-state index in [-0.39, 0.29) is 0 Å². The van der Waals surface area contributed by atoms with Gasteiger partial charge < -0.3 is 24.3 Å². The summed E-state index contributed by atoms with van der Waals surface area (Å²) in [5.74, 6) is 2.80. The van der Waals surface area contributed by atoms with Crippen molar-refractivity contribution in [3.63, 3.8) is 0 Å². The monoisotopic (exact) mass is 280 g/mol. The molecule has 20 heavy (non-hydrogen) atoms. The Balaban J connectivity index is 2.14. The molecular formula is C15H28N4O. The molecule has 2 heterocycles. The van der Waals surface area contributed by atoms with Crippen LogP contribution >= 0.6 is 0 Å². The zero-order chi connectivity index (χ0) is 14.9. The summed E-state index contributed by atoms with van der Waals surface area (Å²) in [4.78, 5) is 8.87. The number of ether oxygens (including phenoxy) is 1. The van der Waals surface area contributed by atoms with Gasteiger partial charge in [0.15, 0.2) is 0 Å². The summed E-state index contributed by atoms with van der Waals surface area (Å²) in [6, 6.07) is 0. The van der Waals surface area contributed by atoms with Gasteiger partial charge in [0, 0.05) is 40.2 Å². The Bertz CT molecular complexity index is 416. The van der Waals surface area contributed by atoms with Gasteiger partial charge in [-0.1, -0.05) is 6.92 Å². The van der Waals surface area contributed by atoms with Gasteiger partial charge in [0.25, 0.3) is 0 Å². The summed E-state index contributed by atoms with van der Waals surface area (Å²) < 4.78 is 5.96. The number of nitrogens with zero attached hydrogens (tertiary/aromatic N) is 4.